The molecule has 5 heteroatoms. The van der Waals surface area contributed by atoms with Crippen molar-refractivity contribution in [1.82, 2.24) is 0 Å². The highest BCUT2D eigenvalue weighted by Crippen LogP contribution is 2.32. The zero-order chi connectivity index (χ0) is 25.3. The van der Waals surface area contributed by atoms with Crippen LogP contribution in [0.1, 0.15) is 56.2 Å². The first kappa shape index (κ1) is 25.9. The second-order valence-electron chi connectivity index (χ2n) is 9.29. The lowest BCUT2D eigenvalue weighted by atomic mass is 9.99. The molecule has 0 spiro atoms. The van der Waals surface area contributed by atoms with E-state index >= 15 is 0 Å². The third-order valence-corrected chi connectivity index (χ3v) is 8.07. The number of unbranched alkanes of at least 4 members (excludes halogenated alkanes) is 2. The standard InChI is InChI=1S/C31H34NO3P/c1-3-5-6-19-36(34)22-24-9-14-29(15-10-24)32-31(33)27-17-18-35-30-16-13-26(20-28(30)21-27)25-11-7-23(4-2)8-12-25/h7-16,20-21H,3-6,17-19,22H2,1-2H3/p+1. The maximum absolute atomic E-state index is 13.1. The third-order valence-electron chi connectivity index (χ3n) is 6.54. The minimum absolute atomic E-state index is 0.123. The Morgan fingerprint density at radius 3 is 2.36 bits per heavy atom. The maximum atomic E-state index is 13.1. The molecular formula is C31H35NO3P+. The zero-order valence-electron chi connectivity index (χ0n) is 21.3. The lowest BCUT2D eigenvalue weighted by Gasteiger charge is -2.09. The Hall–Kier alpha value is -3.23. The molecule has 4 nitrogen and oxygen atoms in total. The number of hydrogen-bond donors (Lipinski definition) is 1. The molecule has 1 atom stereocenters. The summed E-state index contributed by atoms with van der Waals surface area (Å²) in [4.78, 5) is 13.1. The SMILES string of the molecule is CCCCC[P+](=O)Cc1ccc(NC(=O)C2=Cc3cc(-c4ccc(CC)cc4)ccc3OCC2)cc1. The number of amides is 1. The van der Waals surface area contributed by atoms with Crippen molar-refractivity contribution >= 4 is 25.5 Å². The fourth-order valence-electron chi connectivity index (χ4n) is 4.34. The fraction of sp³-hybridized carbons (Fsp3) is 0.323. The van der Waals surface area contributed by atoms with Crippen molar-refractivity contribution in [2.45, 2.75) is 52.1 Å². The van der Waals surface area contributed by atoms with Crippen molar-refractivity contribution in [1.29, 1.82) is 0 Å². The van der Waals surface area contributed by atoms with Gasteiger partial charge in [-0.05, 0) is 71.9 Å². The van der Waals surface area contributed by atoms with Crippen molar-refractivity contribution < 1.29 is 14.1 Å². The van der Waals surface area contributed by atoms with Crippen LogP contribution >= 0.6 is 7.80 Å². The second kappa shape index (κ2) is 12.6. The number of ether oxygens (including phenoxy) is 1. The third kappa shape index (κ3) is 6.92. The highest BCUT2D eigenvalue weighted by atomic mass is 31.1. The van der Waals surface area contributed by atoms with Gasteiger partial charge in [0.2, 0.25) is 0 Å². The number of hydrogen-bond acceptors (Lipinski definition) is 3. The normalized spacial score (nSPS) is 13.2. The number of carbonyl (C=O) groups excluding carboxylic acids is 1. The predicted octanol–water partition coefficient (Wildman–Crippen LogP) is 8.24. The molecule has 0 aromatic heterocycles. The van der Waals surface area contributed by atoms with Crippen molar-refractivity contribution in [2.24, 2.45) is 0 Å². The molecule has 36 heavy (non-hydrogen) atoms. The van der Waals surface area contributed by atoms with Crippen molar-refractivity contribution in [3.8, 4) is 16.9 Å². The van der Waals surface area contributed by atoms with Gasteiger partial charge in [-0.15, -0.1) is 0 Å². The Morgan fingerprint density at radius 1 is 0.917 bits per heavy atom. The maximum Gasteiger partial charge on any atom is 0.343 e. The summed E-state index contributed by atoms with van der Waals surface area (Å²) in [5.74, 6) is 0.673. The highest BCUT2D eigenvalue weighted by molar-refractivity contribution is 7.43. The van der Waals surface area contributed by atoms with Crippen LogP contribution in [-0.4, -0.2) is 18.7 Å². The van der Waals surface area contributed by atoms with Crippen LogP contribution in [0, 0.1) is 0 Å². The van der Waals surface area contributed by atoms with Gasteiger partial charge in [-0.3, -0.25) is 4.79 Å². The van der Waals surface area contributed by atoms with Crippen molar-refractivity contribution in [2.75, 3.05) is 18.1 Å². The number of fused-ring (bicyclic) bond motifs is 1. The van der Waals surface area contributed by atoms with Gasteiger partial charge in [0.25, 0.3) is 5.91 Å². The van der Waals surface area contributed by atoms with Gasteiger partial charge in [0.05, 0.1) is 6.61 Å². The predicted molar refractivity (Wildman–Crippen MR) is 150 cm³/mol. The molecule has 1 unspecified atom stereocenters. The molecule has 3 aromatic carbocycles. The van der Waals surface area contributed by atoms with Crippen LogP contribution in [-0.2, 0) is 21.9 Å². The summed E-state index contributed by atoms with van der Waals surface area (Å²) in [5.41, 5.74) is 6.94. The van der Waals surface area contributed by atoms with Gasteiger partial charge >= 0.3 is 7.80 Å². The largest absolute Gasteiger partial charge is 0.493 e. The summed E-state index contributed by atoms with van der Waals surface area (Å²) < 4.78 is 18.2. The van der Waals surface area contributed by atoms with Gasteiger partial charge in [0.1, 0.15) is 11.9 Å². The summed E-state index contributed by atoms with van der Waals surface area (Å²) >= 11 is 0. The molecule has 0 saturated carbocycles. The summed E-state index contributed by atoms with van der Waals surface area (Å²) in [5, 5.41) is 3.02. The van der Waals surface area contributed by atoms with E-state index in [0.29, 0.717) is 24.8 Å². The number of aryl methyl sites for hydroxylation is 1. The number of benzene rings is 3. The van der Waals surface area contributed by atoms with E-state index in [9.17, 15) is 9.36 Å². The molecule has 0 bridgehead atoms. The molecule has 0 radical (unpaired) electrons. The lowest BCUT2D eigenvalue weighted by molar-refractivity contribution is -0.113. The monoisotopic (exact) mass is 500 g/mol. The highest BCUT2D eigenvalue weighted by Gasteiger charge is 2.18. The van der Waals surface area contributed by atoms with Crippen LogP contribution in [0.15, 0.2) is 72.3 Å². The summed E-state index contributed by atoms with van der Waals surface area (Å²) in [7, 11) is -1.22. The Bertz CT molecular complexity index is 1230. The van der Waals surface area contributed by atoms with Gasteiger partial charge in [-0.25, -0.2) is 0 Å². The summed E-state index contributed by atoms with van der Waals surface area (Å²) in [6.07, 6.45) is 8.16. The van der Waals surface area contributed by atoms with Crippen LogP contribution < -0.4 is 10.1 Å². The van der Waals surface area contributed by atoms with Crippen LogP contribution in [0.3, 0.4) is 0 Å². The topological polar surface area (TPSA) is 55.4 Å². The first-order valence-electron chi connectivity index (χ1n) is 12.9. The Labute approximate surface area is 215 Å². The van der Waals surface area contributed by atoms with Gasteiger partial charge in [-0.2, -0.15) is 0 Å². The molecule has 4 rings (SSSR count). The molecule has 0 saturated heterocycles. The average molecular weight is 501 g/mol. The number of nitrogens with one attached hydrogen (secondary N) is 1. The molecular weight excluding hydrogens is 465 g/mol. The summed E-state index contributed by atoms with van der Waals surface area (Å²) in [6.45, 7) is 4.76. The van der Waals surface area contributed by atoms with E-state index in [4.69, 9.17) is 4.74 Å². The van der Waals surface area contributed by atoms with E-state index in [1.54, 1.807) is 0 Å². The molecule has 1 N–H and O–H groups in total. The fourth-order valence-corrected chi connectivity index (χ4v) is 5.69. The van der Waals surface area contributed by atoms with E-state index in [1.807, 2.05) is 36.4 Å². The molecule has 0 aliphatic carbocycles. The Kier molecular flexibility index (Phi) is 9.08. The first-order chi connectivity index (χ1) is 17.6. The molecule has 1 aliphatic rings. The zero-order valence-corrected chi connectivity index (χ0v) is 22.2. The van der Waals surface area contributed by atoms with E-state index < -0.39 is 7.80 Å². The molecule has 0 fully saturated rings. The van der Waals surface area contributed by atoms with Gasteiger partial charge in [0.15, 0.2) is 6.16 Å². The number of carbonyl (C=O) groups is 1. The number of rotatable bonds is 10. The molecule has 1 aliphatic heterocycles. The smallest absolute Gasteiger partial charge is 0.343 e. The lowest BCUT2D eigenvalue weighted by Crippen LogP contribution is -2.15. The second-order valence-corrected chi connectivity index (χ2v) is 11.0. The van der Waals surface area contributed by atoms with Gasteiger partial charge in [-0.1, -0.05) is 67.3 Å². The van der Waals surface area contributed by atoms with Crippen molar-refractivity contribution in [3.63, 3.8) is 0 Å². The molecule has 1 amide bonds. The van der Waals surface area contributed by atoms with E-state index in [1.165, 1.54) is 5.56 Å². The molecule has 186 valence electrons. The minimum atomic E-state index is -1.22. The van der Waals surface area contributed by atoms with Gasteiger partial charge in [0, 0.05) is 23.2 Å². The van der Waals surface area contributed by atoms with Crippen molar-refractivity contribution in [3.05, 3.63) is 89.0 Å². The van der Waals surface area contributed by atoms with Crippen LogP contribution in [0.25, 0.3) is 17.2 Å². The van der Waals surface area contributed by atoms with E-state index in [0.717, 1.165) is 65.5 Å². The van der Waals surface area contributed by atoms with E-state index in [2.05, 4.69) is 55.6 Å². The molecule has 3 aromatic rings. The van der Waals surface area contributed by atoms with Crippen LogP contribution in [0.2, 0.25) is 0 Å². The van der Waals surface area contributed by atoms with Crippen LogP contribution in [0.5, 0.6) is 5.75 Å². The van der Waals surface area contributed by atoms with E-state index in [-0.39, 0.29) is 5.91 Å². The summed E-state index contributed by atoms with van der Waals surface area (Å²) in [6, 6.07) is 22.4. The Morgan fingerprint density at radius 2 is 1.64 bits per heavy atom. The van der Waals surface area contributed by atoms with Gasteiger partial charge < -0.3 is 10.1 Å². The number of anilines is 1. The average Bonchev–Trinajstić information content (AvgIpc) is 3.12. The quantitative estimate of drug-likeness (QED) is 0.225. The Balaban J connectivity index is 1.44. The first-order valence-corrected chi connectivity index (χ1v) is 14.6. The van der Waals surface area contributed by atoms with Crippen LogP contribution in [0.4, 0.5) is 5.69 Å². The minimum Gasteiger partial charge on any atom is -0.493 e. The molecule has 1 heterocycles.